The van der Waals surface area contributed by atoms with Crippen molar-refractivity contribution < 1.29 is 29.0 Å². The predicted octanol–water partition coefficient (Wildman–Crippen LogP) is 4.53. The van der Waals surface area contributed by atoms with Crippen molar-refractivity contribution in [1.82, 2.24) is 9.80 Å². The first kappa shape index (κ1) is 26.2. The fourth-order valence-corrected chi connectivity index (χ4v) is 4.49. The molecular weight excluding hydrogens is 448 g/mol. The minimum absolute atomic E-state index is 0.101. The Balaban J connectivity index is 1.67. The van der Waals surface area contributed by atoms with Crippen LogP contribution in [0.2, 0.25) is 0 Å². The minimum atomic E-state index is -1.19. The number of aliphatic hydroxyl groups is 1. The molecule has 1 aliphatic rings. The molecule has 8 heteroatoms. The fraction of sp³-hybridized carbons (Fsp3) is 0.444. The van der Waals surface area contributed by atoms with E-state index in [9.17, 15) is 19.5 Å². The summed E-state index contributed by atoms with van der Waals surface area (Å²) in [5, 5.41) is 11.1. The van der Waals surface area contributed by atoms with Gasteiger partial charge in [0.05, 0.1) is 24.6 Å². The van der Waals surface area contributed by atoms with Gasteiger partial charge in [-0.05, 0) is 24.0 Å². The molecule has 0 aromatic heterocycles. The summed E-state index contributed by atoms with van der Waals surface area (Å²) in [6.45, 7) is 5.69. The second-order valence-electron chi connectivity index (χ2n) is 9.02. The maximum Gasteiger partial charge on any atom is 0.417 e. The van der Waals surface area contributed by atoms with Crippen LogP contribution >= 0.6 is 0 Å². The Morgan fingerprint density at radius 1 is 1.11 bits per heavy atom. The van der Waals surface area contributed by atoms with Crippen molar-refractivity contribution in [2.45, 2.75) is 64.5 Å². The summed E-state index contributed by atoms with van der Waals surface area (Å²) in [6, 6.07) is 17.3. The van der Waals surface area contributed by atoms with Crippen LogP contribution in [0.15, 0.2) is 60.7 Å². The summed E-state index contributed by atoms with van der Waals surface area (Å²) in [5.41, 5.74) is 1.64. The van der Waals surface area contributed by atoms with E-state index in [-0.39, 0.29) is 18.9 Å². The number of imide groups is 1. The second kappa shape index (κ2) is 11.8. The molecule has 2 aromatic rings. The summed E-state index contributed by atoms with van der Waals surface area (Å²) >= 11 is 0. The molecule has 1 N–H and O–H groups in total. The van der Waals surface area contributed by atoms with Gasteiger partial charge in [-0.2, -0.15) is 0 Å². The smallest absolute Gasteiger partial charge is 0.417 e. The van der Waals surface area contributed by atoms with Crippen LogP contribution in [-0.2, 0) is 20.9 Å². The molecule has 2 aromatic carbocycles. The molecule has 0 aliphatic carbocycles. The Bertz CT molecular complexity index is 999. The van der Waals surface area contributed by atoms with Gasteiger partial charge in [0.15, 0.2) is 0 Å². The van der Waals surface area contributed by atoms with E-state index < -0.39 is 42.4 Å². The Morgan fingerprint density at radius 2 is 1.71 bits per heavy atom. The third-order valence-corrected chi connectivity index (χ3v) is 6.61. The Labute approximate surface area is 206 Å². The van der Waals surface area contributed by atoms with Crippen molar-refractivity contribution in [1.29, 1.82) is 0 Å². The zero-order valence-electron chi connectivity index (χ0n) is 20.7. The number of amides is 3. The number of hydrogen-bond donors (Lipinski definition) is 1. The normalized spacial score (nSPS) is 20.0. The lowest BCUT2D eigenvalue weighted by Gasteiger charge is -2.35. The van der Waals surface area contributed by atoms with Crippen molar-refractivity contribution in [3.8, 4) is 0 Å². The summed E-state index contributed by atoms with van der Waals surface area (Å²) in [4.78, 5) is 40.8. The fourth-order valence-electron chi connectivity index (χ4n) is 4.49. The highest BCUT2D eigenvalue weighted by Crippen LogP contribution is 2.33. The first-order valence-electron chi connectivity index (χ1n) is 11.9. The van der Waals surface area contributed by atoms with E-state index in [1.54, 1.807) is 14.0 Å². The highest BCUT2D eigenvalue weighted by atomic mass is 16.6. The van der Waals surface area contributed by atoms with Crippen LogP contribution in [0.25, 0.3) is 0 Å². The molecule has 35 heavy (non-hydrogen) atoms. The lowest BCUT2D eigenvalue weighted by molar-refractivity contribution is -0.132. The number of nitrogens with zero attached hydrogens (tertiary/aromatic N) is 2. The van der Waals surface area contributed by atoms with Crippen LogP contribution in [0.1, 0.15) is 50.8 Å². The monoisotopic (exact) mass is 482 g/mol. The molecule has 1 fully saturated rings. The van der Waals surface area contributed by atoms with Crippen LogP contribution in [0.5, 0.6) is 0 Å². The van der Waals surface area contributed by atoms with Gasteiger partial charge >= 0.3 is 12.2 Å². The second-order valence-corrected chi connectivity index (χ2v) is 9.02. The van der Waals surface area contributed by atoms with Gasteiger partial charge in [-0.25, -0.2) is 14.5 Å². The largest absolute Gasteiger partial charge is 0.445 e. The quantitative estimate of drug-likeness (QED) is 0.564. The lowest BCUT2D eigenvalue weighted by Crippen LogP contribution is -2.50. The average Bonchev–Trinajstić information content (AvgIpc) is 3.17. The van der Waals surface area contributed by atoms with E-state index >= 15 is 0 Å². The van der Waals surface area contributed by atoms with Gasteiger partial charge in [0, 0.05) is 7.05 Å². The molecule has 3 rings (SSSR count). The van der Waals surface area contributed by atoms with Crippen LogP contribution in [0.3, 0.4) is 0 Å². The van der Waals surface area contributed by atoms with Gasteiger partial charge < -0.3 is 19.5 Å². The number of ether oxygens (including phenoxy) is 2. The molecule has 1 heterocycles. The van der Waals surface area contributed by atoms with E-state index in [0.29, 0.717) is 6.42 Å². The van der Waals surface area contributed by atoms with E-state index in [1.807, 2.05) is 74.5 Å². The van der Waals surface area contributed by atoms with Gasteiger partial charge in [0.2, 0.25) is 5.91 Å². The maximum atomic E-state index is 13.1. The summed E-state index contributed by atoms with van der Waals surface area (Å²) in [7, 11) is 1.55. The highest BCUT2D eigenvalue weighted by molar-refractivity contribution is 5.94. The van der Waals surface area contributed by atoms with Crippen LogP contribution in [0, 0.1) is 5.92 Å². The van der Waals surface area contributed by atoms with E-state index in [4.69, 9.17) is 9.47 Å². The zero-order chi connectivity index (χ0) is 25.5. The Hall–Kier alpha value is -3.39. The maximum absolute atomic E-state index is 13.1. The minimum Gasteiger partial charge on any atom is -0.445 e. The molecule has 0 radical (unpaired) electrons. The average molecular weight is 483 g/mol. The van der Waals surface area contributed by atoms with Gasteiger partial charge in [-0.15, -0.1) is 0 Å². The lowest BCUT2D eigenvalue weighted by atomic mass is 9.91. The van der Waals surface area contributed by atoms with Crippen molar-refractivity contribution in [2.75, 3.05) is 7.05 Å². The van der Waals surface area contributed by atoms with E-state index in [0.717, 1.165) is 16.0 Å². The predicted molar refractivity (Wildman–Crippen MR) is 130 cm³/mol. The standard InChI is InChI=1S/C27H34N2O6/c1-5-18(2)24(28(4)26(32)34-17-20-12-8-6-9-13-20)22(30)16-23(31)29-19(3)25(35-27(29)33)21-14-10-7-11-15-21/h6-15,18-19,22,24-25,30H,5,16-17H2,1-4H3/t18-,19+,22+,24-,25+/m0/s1. The number of aliphatic hydroxyl groups excluding tert-OH is 1. The first-order valence-corrected chi connectivity index (χ1v) is 11.9. The first-order chi connectivity index (χ1) is 16.7. The number of carbonyl (C=O) groups is 3. The molecular formula is C27H34N2O6. The third kappa shape index (κ3) is 6.19. The molecule has 0 bridgehead atoms. The topological polar surface area (TPSA) is 96.4 Å². The summed E-state index contributed by atoms with van der Waals surface area (Å²) in [5.74, 6) is -0.667. The van der Waals surface area contributed by atoms with Gasteiger partial charge in [0.1, 0.15) is 12.7 Å². The number of benzene rings is 2. The van der Waals surface area contributed by atoms with Crippen molar-refractivity contribution in [3.63, 3.8) is 0 Å². The Morgan fingerprint density at radius 3 is 2.31 bits per heavy atom. The number of likely N-dealkylation sites (N-methyl/N-ethyl adjacent to an activating group) is 1. The SMILES string of the molecule is CC[C@H](C)[C@@H]([C@H](O)CC(=O)N1C(=O)O[C@@H](c2ccccc2)[C@H]1C)N(C)C(=O)OCc1ccccc1. The van der Waals surface area contributed by atoms with Crippen molar-refractivity contribution in [3.05, 3.63) is 71.8 Å². The highest BCUT2D eigenvalue weighted by Gasteiger charge is 2.44. The molecule has 3 amide bonds. The molecule has 5 atom stereocenters. The number of rotatable bonds is 9. The number of hydrogen-bond acceptors (Lipinski definition) is 6. The van der Waals surface area contributed by atoms with E-state index in [1.165, 1.54) is 4.90 Å². The molecule has 0 spiro atoms. The van der Waals surface area contributed by atoms with Crippen LogP contribution in [-0.4, -0.2) is 58.2 Å². The third-order valence-electron chi connectivity index (χ3n) is 6.61. The van der Waals surface area contributed by atoms with Crippen molar-refractivity contribution in [2.24, 2.45) is 5.92 Å². The molecule has 0 unspecified atom stereocenters. The molecule has 0 saturated carbocycles. The van der Waals surface area contributed by atoms with Gasteiger partial charge in [-0.3, -0.25) is 4.79 Å². The zero-order valence-corrected chi connectivity index (χ0v) is 20.7. The van der Waals surface area contributed by atoms with Gasteiger partial charge in [-0.1, -0.05) is 80.9 Å². The molecule has 1 saturated heterocycles. The van der Waals surface area contributed by atoms with E-state index in [2.05, 4.69) is 0 Å². The molecule has 8 nitrogen and oxygen atoms in total. The Kier molecular flexibility index (Phi) is 8.87. The molecule has 188 valence electrons. The summed E-state index contributed by atoms with van der Waals surface area (Å²) < 4.78 is 10.9. The van der Waals surface area contributed by atoms with Crippen LogP contribution in [0.4, 0.5) is 9.59 Å². The summed E-state index contributed by atoms with van der Waals surface area (Å²) in [6.07, 6.45) is -2.76. The van der Waals surface area contributed by atoms with Gasteiger partial charge in [0.25, 0.3) is 0 Å². The van der Waals surface area contributed by atoms with Crippen molar-refractivity contribution >= 4 is 18.1 Å². The molecule has 1 aliphatic heterocycles. The number of carbonyl (C=O) groups excluding carboxylic acids is 3. The number of cyclic esters (lactones) is 1. The van der Waals surface area contributed by atoms with Crippen LogP contribution < -0.4 is 0 Å².